The van der Waals surface area contributed by atoms with Gasteiger partial charge >= 0.3 is 6.18 Å². The van der Waals surface area contributed by atoms with Crippen molar-refractivity contribution >= 4 is 17.3 Å². The van der Waals surface area contributed by atoms with Crippen molar-refractivity contribution in [3.05, 3.63) is 52.8 Å². The number of halogens is 3. The molecular formula is C21H22F3N3O2. The number of amides is 1. The number of carbonyl (C=O) groups excluding carboxylic acids is 1. The Hall–Kier alpha value is -2.61. The summed E-state index contributed by atoms with van der Waals surface area (Å²) in [7, 11) is 0. The van der Waals surface area contributed by atoms with Gasteiger partial charge in [-0.1, -0.05) is 6.07 Å². The van der Waals surface area contributed by atoms with Gasteiger partial charge in [-0.25, -0.2) is 4.98 Å². The van der Waals surface area contributed by atoms with Crippen molar-refractivity contribution in [2.75, 3.05) is 31.6 Å². The fourth-order valence-corrected chi connectivity index (χ4v) is 3.89. The summed E-state index contributed by atoms with van der Waals surface area (Å²) in [5.41, 5.74) is 2.64. The van der Waals surface area contributed by atoms with Crippen molar-refractivity contribution in [3.8, 4) is 0 Å². The van der Waals surface area contributed by atoms with Crippen LogP contribution < -0.4 is 5.32 Å². The third kappa shape index (κ3) is 4.22. The molecule has 5 nitrogen and oxygen atoms in total. The zero-order chi connectivity index (χ0) is 20.4. The molecule has 2 heterocycles. The first kappa shape index (κ1) is 19.7. The van der Waals surface area contributed by atoms with Crippen LogP contribution >= 0.6 is 0 Å². The van der Waals surface area contributed by atoms with E-state index in [1.165, 1.54) is 6.07 Å². The van der Waals surface area contributed by atoms with Gasteiger partial charge in [0.25, 0.3) is 5.91 Å². The lowest BCUT2D eigenvalue weighted by Crippen LogP contribution is -2.41. The molecule has 8 heteroatoms. The van der Waals surface area contributed by atoms with Gasteiger partial charge in [0.1, 0.15) is 5.69 Å². The molecule has 1 amide bonds. The quantitative estimate of drug-likeness (QED) is 0.832. The van der Waals surface area contributed by atoms with E-state index in [-0.39, 0.29) is 5.91 Å². The van der Waals surface area contributed by atoms with E-state index in [4.69, 9.17) is 4.74 Å². The van der Waals surface area contributed by atoms with Crippen LogP contribution in [0.3, 0.4) is 0 Å². The predicted octanol–water partition coefficient (Wildman–Crippen LogP) is 4.20. The maximum atomic E-state index is 13.0. The molecule has 154 valence electrons. The number of rotatable bonds is 3. The maximum absolute atomic E-state index is 13.0. The third-order valence-electron chi connectivity index (χ3n) is 5.37. The predicted molar refractivity (Wildman–Crippen MR) is 102 cm³/mol. The number of hydrogen-bond donors (Lipinski definition) is 1. The molecule has 0 bridgehead atoms. The van der Waals surface area contributed by atoms with Crippen molar-refractivity contribution < 1.29 is 22.7 Å². The highest BCUT2D eigenvalue weighted by Crippen LogP contribution is 2.34. The van der Waals surface area contributed by atoms with Crippen molar-refractivity contribution in [1.82, 2.24) is 9.88 Å². The summed E-state index contributed by atoms with van der Waals surface area (Å²) in [5.74, 6) is -0.0999. The molecule has 4 rings (SSSR count). The van der Waals surface area contributed by atoms with Crippen LogP contribution in [-0.4, -0.2) is 42.1 Å². The molecule has 0 spiro atoms. The zero-order valence-corrected chi connectivity index (χ0v) is 15.9. The number of carbonyl (C=O) groups is 1. The summed E-state index contributed by atoms with van der Waals surface area (Å²) in [6.45, 7) is 2.12. The van der Waals surface area contributed by atoms with Gasteiger partial charge < -0.3 is 15.0 Å². The minimum absolute atomic E-state index is 0.0999. The first-order chi connectivity index (χ1) is 13.9. The van der Waals surface area contributed by atoms with E-state index in [2.05, 4.69) is 10.3 Å². The van der Waals surface area contributed by atoms with Gasteiger partial charge in [-0.05, 0) is 55.0 Å². The van der Waals surface area contributed by atoms with Crippen molar-refractivity contribution in [3.63, 3.8) is 0 Å². The van der Waals surface area contributed by atoms with Crippen LogP contribution in [0.15, 0.2) is 30.5 Å². The third-order valence-corrected chi connectivity index (χ3v) is 5.37. The fraction of sp³-hybridized carbons (Fsp3) is 0.429. The van der Waals surface area contributed by atoms with Crippen molar-refractivity contribution in [1.29, 1.82) is 0 Å². The molecule has 2 aliphatic rings. The Morgan fingerprint density at radius 2 is 1.83 bits per heavy atom. The van der Waals surface area contributed by atoms with Crippen LogP contribution in [0.5, 0.6) is 0 Å². The molecule has 1 aromatic carbocycles. The van der Waals surface area contributed by atoms with E-state index in [1.807, 2.05) is 0 Å². The Morgan fingerprint density at radius 3 is 2.55 bits per heavy atom. The van der Waals surface area contributed by atoms with Crippen molar-refractivity contribution in [2.24, 2.45) is 0 Å². The first-order valence-electron chi connectivity index (χ1n) is 9.75. The van der Waals surface area contributed by atoms with Gasteiger partial charge in [-0.15, -0.1) is 0 Å². The molecule has 0 saturated carbocycles. The zero-order valence-electron chi connectivity index (χ0n) is 15.9. The number of nitrogens with one attached hydrogen (secondary N) is 1. The number of hydrogen-bond acceptors (Lipinski definition) is 4. The average molecular weight is 405 g/mol. The summed E-state index contributed by atoms with van der Waals surface area (Å²) in [4.78, 5) is 19.1. The second-order valence-electron chi connectivity index (χ2n) is 7.29. The van der Waals surface area contributed by atoms with Crippen LogP contribution in [0.25, 0.3) is 0 Å². The Bertz CT molecular complexity index is 909. The molecule has 29 heavy (non-hydrogen) atoms. The number of alkyl halides is 3. The number of aromatic nitrogens is 1. The smallest absolute Gasteiger partial charge is 0.378 e. The average Bonchev–Trinajstić information content (AvgIpc) is 2.74. The maximum Gasteiger partial charge on any atom is 0.416 e. The van der Waals surface area contributed by atoms with E-state index in [9.17, 15) is 18.0 Å². The number of pyridine rings is 1. The highest BCUT2D eigenvalue weighted by Gasteiger charge is 2.31. The summed E-state index contributed by atoms with van der Waals surface area (Å²) < 4.78 is 44.3. The van der Waals surface area contributed by atoms with Crippen molar-refractivity contribution in [2.45, 2.75) is 31.9 Å². The SMILES string of the molecule is O=C(c1ncc(Nc2cccc(C(F)(F)F)c2)c2c1CCCC2)N1CCOCC1. The van der Waals surface area contributed by atoms with Gasteiger partial charge in [0.15, 0.2) is 0 Å². The topological polar surface area (TPSA) is 54.5 Å². The molecule has 1 saturated heterocycles. The second kappa shape index (κ2) is 8.02. The van der Waals surface area contributed by atoms with E-state index in [0.717, 1.165) is 48.9 Å². The van der Waals surface area contributed by atoms with Gasteiger partial charge in [0.05, 0.1) is 30.7 Å². The molecular weight excluding hydrogens is 383 g/mol. The number of benzene rings is 1. The molecule has 0 atom stereocenters. The lowest BCUT2D eigenvalue weighted by atomic mass is 9.89. The standard InChI is InChI=1S/C21H22F3N3O2/c22-21(23,24)14-4-3-5-15(12-14)26-18-13-25-19(17-7-2-1-6-16(17)18)20(28)27-8-10-29-11-9-27/h3-5,12-13,26H,1-2,6-11H2. The van der Waals surface area contributed by atoms with Crippen LogP contribution in [0, 0.1) is 0 Å². The first-order valence-corrected chi connectivity index (χ1v) is 9.75. The Kier molecular flexibility index (Phi) is 5.45. The molecule has 1 aliphatic heterocycles. The Morgan fingerprint density at radius 1 is 1.10 bits per heavy atom. The number of morpholine rings is 1. The number of anilines is 2. The van der Waals surface area contributed by atoms with Crippen LogP contribution in [0.2, 0.25) is 0 Å². The monoisotopic (exact) mass is 405 g/mol. The van der Waals surface area contributed by atoms with Gasteiger partial charge in [-0.2, -0.15) is 13.2 Å². The second-order valence-corrected chi connectivity index (χ2v) is 7.29. The fourth-order valence-electron chi connectivity index (χ4n) is 3.89. The van der Waals surface area contributed by atoms with E-state index >= 15 is 0 Å². The molecule has 1 aliphatic carbocycles. The summed E-state index contributed by atoms with van der Waals surface area (Å²) in [6.07, 6.45) is 0.612. The minimum atomic E-state index is -4.40. The molecule has 1 aromatic heterocycles. The minimum Gasteiger partial charge on any atom is -0.378 e. The molecule has 2 aromatic rings. The lowest BCUT2D eigenvalue weighted by Gasteiger charge is -2.29. The van der Waals surface area contributed by atoms with Crippen LogP contribution in [0.4, 0.5) is 24.5 Å². The molecule has 0 radical (unpaired) electrons. The Balaban J connectivity index is 1.65. The number of ether oxygens (including phenoxy) is 1. The summed E-state index contributed by atoms with van der Waals surface area (Å²) >= 11 is 0. The van der Waals surface area contributed by atoms with Crippen LogP contribution in [-0.2, 0) is 23.8 Å². The van der Waals surface area contributed by atoms with E-state index < -0.39 is 11.7 Å². The molecule has 0 unspecified atom stereocenters. The highest BCUT2D eigenvalue weighted by molar-refractivity contribution is 5.95. The molecule has 1 fully saturated rings. The summed E-state index contributed by atoms with van der Waals surface area (Å²) in [6, 6.07) is 5.10. The largest absolute Gasteiger partial charge is 0.416 e. The normalized spacial score (nSPS) is 17.0. The van der Waals surface area contributed by atoms with Crippen LogP contribution in [0.1, 0.15) is 40.0 Å². The van der Waals surface area contributed by atoms with E-state index in [0.29, 0.717) is 43.4 Å². The highest BCUT2D eigenvalue weighted by atomic mass is 19.4. The lowest BCUT2D eigenvalue weighted by molar-refractivity contribution is -0.137. The van der Waals surface area contributed by atoms with Gasteiger partial charge in [0.2, 0.25) is 0 Å². The van der Waals surface area contributed by atoms with E-state index in [1.54, 1.807) is 17.2 Å². The van der Waals surface area contributed by atoms with Gasteiger partial charge in [0, 0.05) is 18.8 Å². The summed E-state index contributed by atoms with van der Waals surface area (Å²) in [5, 5.41) is 3.08. The van der Waals surface area contributed by atoms with Gasteiger partial charge in [-0.3, -0.25) is 4.79 Å². The Labute approximate surface area is 166 Å². The number of nitrogens with zero attached hydrogens (tertiary/aromatic N) is 2. The molecule has 1 N–H and O–H groups in total. The number of fused-ring (bicyclic) bond motifs is 1.